The zero-order valence-electron chi connectivity index (χ0n) is 23.9. The van der Waals surface area contributed by atoms with Crippen LogP contribution in [-0.4, -0.2) is 46.5 Å². The van der Waals surface area contributed by atoms with Crippen LogP contribution >= 0.6 is 0 Å². The van der Waals surface area contributed by atoms with Crippen molar-refractivity contribution in [3.05, 3.63) is 34.9 Å². The molecule has 3 unspecified atom stereocenters. The Kier molecular flexibility index (Phi) is 9.65. The van der Waals surface area contributed by atoms with Gasteiger partial charge in [-0.25, -0.2) is 4.79 Å². The van der Waals surface area contributed by atoms with Crippen molar-refractivity contribution in [3.8, 4) is 0 Å². The van der Waals surface area contributed by atoms with Gasteiger partial charge < -0.3 is 20.3 Å². The molecule has 2 saturated carbocycles. The summed E-state index contributed by atoms with van der Waals surface area (Å²) in [6.45, 7) is 13.4. The minimum Gasteiger partial charge on any atom is -0.444 e. The molecule has 206 valence electrons. The van der Waals surface area contributed by atoms with Crippen LogP contribution in [0.2, 0.25) is 0 Å². The maximum absolute atomic E-state index is 14.3. The summed E-state index contributed by atoms with van der Waals surface area (Å²) in [5, 5.41) is 6.15. The minimum atomic E-state index is -0.782. The van der Waals surface area contributed by atoms with Crippen molar-refractivity contribution < 1.29 is 19.1 Å². The van der Waals surface area contributed by atoms with Crippen molar-refractivity contribution >= 4 is 17.9 Å². The Morgan fingerprint density at radius 3 is 2.27 bits per heavy atom. The Bertz CT molecular complexity index is 960. The van der Waals surface area contributed by atoms with E-state index in [-0.39, 0.29) is 29.8 Å². The number of amides is 3. The number of alkyl carbamates (subject to hydrolysis) is 1. The summed E-state index contributed by atoms with van der Waals surface area (Å²) >= 11 is 0. The van der Waals surface area contributed by atoms with Crippen LogP contribution in [0.15, 0.2) is 18.2 Å². The summed E-state index contributed by atoms with van der Waals surface area (Å²) in [7, 11) is 0. The number of aryl methyl sites for hydroxylation is 2. The first-order valence-corrected chi connectivity index (χ1v) is 14.1. The fourth-order valence-electron chi connectivity index (χ4n) is 5.15. The molecular formula is C30H47N3O4. The smallest absolute Gasteiger partial charge is 0.408 e. The monoisotopic (exact) mass is 513 g/mol. The Morgan fingerprint density at radius 1 is 1.05 bits per heavy atom. The molecule has 7 nitrogen and oxygen atoms in total. The van der Waals surface area contributed by atoms with Gasteiger partial charge in [0.2, 0.25) is 11.8 Å². The summed E-state index contributed by atoms with van der Waals surface area (Å²) in [5.74, 6) is -0.463. The highest BCUT2D eigenvalue weighted by molar-refractivity contribution is 5.93. The average molecular weight is 514 g/mol. The molecule has 7 heteroatoms. The summed E-state index contributed by atoms with van der Waals surface area (Å²) in [6, 6.07) is 4.67. The Hall–Kier alpha value is -2.57. The summed E-state index contributed by atoms with van der Waals surface area (Å²) in [4.78, 5) is 42.8. The molecular weight excluding hydrogens is 466 g/mol. The maximum atomic E-state index is 14.3. The highest BCUT2D eigenvalue weighted by Gasteiger charge is 2.45. The second-order valence-electron chi connectivity index (χ2n) is 12.1. The lowest BCUT2D eigenvalue weighted by atomic mass is 9.92. The summed E-state index contributed by atoms with van der Waals surface area (Å²) < 4.78 is 5.50. The van der Waals surface area contributed by atoms with Crippen molar-refractivity contribution in [1.29, 1.82) is 0 Å². The van der Waals surface area contributed by atoms with Gasteiger partial charge in [0.05, 0.1) is 0 Å². The van der Waals surface area contributed by atoms with Gasteiger partial charge in [-0.05, 0) is 77.3 Å². The topological polar surface area (TPSA) is 87.7 Å². The largest absolute Gasteiger partial charge is 0.444 e. The number of nitrogens with zero attached hydrogens (tertiary/aromatic N) is 1. The molecule has 0 aliphatic heterocycles. The van der Waals surface area contributed by atoms with Crippen molar-refractivity contribution in [3.63, 3.8) is 0 Å². The molecule has 0 bridgehead atoms. The van der Waals surface area contributed by atoms with Crippen molar-refractivity contribution in [2.75, 3.05) is 0 Å². The molecule has 0 aromatic heterocycles. The van der Waals surface area contributed by atoms with E-state index < -0.39 is 23.8 Å². The van der Waals surface area contributed by atoms with E-state index in [1.807, 2.05) is 45.9 Å². The maximum Gasteiger partial charge on any atom is 0.408 e. The van der Waals surface area contributed by atoms with Crippen LogP contribution in [-0.2, 0) is 14.3 Å². The number of carbonyl (C=O) groups excluding carboxylic acids is 3. The van der Waals surface area contributed by atoms with Gasteiger partial charge in [-0.1, -0.05) is 63.3 Å². The van der Waals surface area contributed by atoms with Gasteiger partial charge in [-0.15, -0.1) is 0 Å². The molecule has 3 atom stereocenters. The van der Waals surface area contributed by atoms with Gasteiger partial charge in [0.15, 0.2) is 0 Å². The van der Waals surface area contributed by atoms with E-state index in [9.17, 15) is 14.4 Å². The molecule has 2 N–H and O–H groups in total. The van der Waals surface area contributed by atoms with E-state index >= 15 is 0 Å². The molecule has 3 rings (SSSR count). The van der Waals surface area contributed by atoms with Crippen molar-refractivity contribution in [2.24, 2.45) is 5.92 Å². The van der Waals surface area contributed by atoms with E-state index in [0.717, 1.165) is 55.2 Å². The lowest BCUT2D eigenvalue weighted by Crippen LogP contribution is -2.56. The number of hydrogen-bond acceptors (Lipinski definition) is 4. The van der Waals surface area contributed by atoms with E-state index in [0.29, 0.717) is 6.42 Å². The molecule has 1 aromatic carbocycles. The number of carbonyl (C=O) groups is 3. The molecule has 2 fully saturated rings. The molecule has 2 aliphatic carbocycles. The van der Waals surface area contributed by atoms with Crippen LogP contribution in [0.1, 0.15) is 109 Å². The van der Waals surface area contributed by atoms with E-state index in [1.165, 1.54) is 6.42 Å². The molecule has 3 amide bonds. The molecule has 0 saturated heterocycles. The Morgan fingerprint density at radius 2 is 1.70 bits per heavy atom. The zero-order chi connectivity index (χ0) is 27.3. The van der Waals surface area contributed by atoms with Gasteiger partial charge in [0.1, 0.15) is 17.7 Å². The molecule has 0 radical (unpaired) electrons. The number of rotatable bonds is 9. The Labute approximate surface area is 223 Å². The van der Waals surface area contributed by atoms with Gasteiger partial charge in [0.25, 0.3) is 0 Å². The third-order valence-corrected chi connectivity index (χ3v) is 7.55. The normalized spacial score (nSPS) is 18.9. The number of ether oxygens (including phenoxy) is 1. The van der Waals surface area contributed by atoms with Gasteiger partial charge in [-0.2, -0.15) is 0 Å². The first-order valence-electron chi connectivity index (χ1n) is 14.1. The summed E-state index contributed by atoms with van der Waals surface area (Å²) in [5.41, 5.74) is 2.20. The predicted molar refractivity (Wildman–Crippen MR) is 146 cm³/mol. The van der Waals surface area contributed by atoms with Crippen LogP contribution in [0.25, 0.3) is 0 Å². The van der Waals surface area contributed by atoms with Crippen molar-refractivity contribution in [1.82, 2.24) is 15.5 Å². The molecule has 0 spiro atoms. The van der Waals surface area contributed by atoms with E-state index in [4.69, 9.17) is 4.74 Å². The first-order chi connectivity index (χ1) is 17.4. The van der Waals surface area contributed by atoms with Crippen LogP contribution < -0.4 is 10.6 Å². The second-order valence-corrected chi connectivity index (χ2v) is 12.1. The molecule has 2 aliphatic rings. The highest BCUT2D eigenvalue weighted by Crippen LogP contribution is 2.38. The molecule has 0 heterocycles. The quantitative estimate of drug-likeness (QED) is 0.442. The van der Waals surface area contributed by atoms with Gasteiger partial charge in [-0.3, -0.25) is 9.59 Å². The van der Waals surface area contributed by atoms with Crippen LogP contribution in [0.3, 0.4) is 0 Å². The zero-order valence-corrected chi connectivity index (χ0v) is 23.9. The fraction of sp³-hybridized carbons (Fsp3) is 0.700. The number of benzene rings is 1. The van der Waals surface area contributed by atoms with Crippen LogP contribution in [0.4, 0.5) is 4.79 Å². The predicted octanol–water partition coefficient (Wildman–Crippen LogP) is 5.72. The lowest BCUT2D eigenvalue weighted by Gasteiger charge is -2.37. The van der Waals surface area contributed by atoms with Gasteiger partial charge in [0, 0.05) is 12.1 Å². The first kappa shape index (κ1) is 29.0. The Balaban J connectivity index is 1.99. The average Bonchev–Trinajstić information content (AvgIpc) is 3.66. The molecule has 37 heavy (non-hydrogen) atoms. The third kappa shape index (κ3) is 7.96. The molecule has 1 aromatic rings. The SMILES string of the molecule is CCC(C)C(NC(=O)OC(C)(C)C)C(=O)N(C1CC1)C(C(=O)NC1CCCCC1)c1cc(C)ccc1C. The number of hydrogen-bond donors (Lipinski definition) is 2. The number of nitrogens with one attached hydrogen (secondary N) is 2. The van der Waals surface area contributed by atoms with Crippen LogP contribution in [0, 0.1) is 19.8 Å². The van der Waals surface area contributed by atoms with E-state index in [1.54, 1.807) is 25.7 Å². The second kappa shape index (κ2) is 12.3. The van der Waals surface area contributed by atoms with E-state index in [2.05, 4.69) is 10.6 Å². The fourth-order valence-corrected chi connectivity index (χ4v) is 5.15. The van der Waals surface area contributed by atoms with Crippen LogP contribution in [0.5, 0.6) is 0 Å². The summed E-state index contributed by atoms with van der Waals surface area (Å²) in [6.07, 6.45) is 7.15. The minimum absolute atomic E-state index is 0.0264. The highest BCUT2D eigenvalue weighted by atomic mass is 16.6. The lowest BCUT2D eigenvalue weighted by molar-refractivity contribution is -0.144. The standard InChI is InChI=1S/C30H47N3O4/c1-8-20(3)25(32-29(36)37-30(5,6)7)28(35)33(23-16-17-23)26(24-18-19(2)14-15-21(24)4)27(34)31-22-12-10-9-11-13-22/h14-15,18,20,22-23,25-26H,8-13,16-17H2,1-7H3,(H,31,34)(H,32,36). The third-order valence-electron chi connectivity index (χ3n) is 7.55. The van der Waals surface area contributed by atoms with Crippen molar-refractivity contribution in [2.45, 2.75) is 130 Å². The van der Waals surface area contributed by atoms with Gasteiger partial charge >= 0.3 is 6.09 Å².